The first-order chi connectivity index (χ1) is 9.92. The van der Waals surface area contributed by atoms with Crippen LogP contribution in [0.5, 0.6) is 0 Å². The van der Waals surface area contributed by atoms with Gasteiger partial charge in [-0.05, 0) is 38.1 Å². The minimum Gasteiger partial charge on any atom is -0.360 e. The molecule has 3 heterocycles. The van der Waals surface area contributed by atoms with Gasteiger partial charge in [-0.15, -0.1) is 0 Å². The van der Waals surface area contributed by atoms with E-state index in [0.29, 0.717) is 0 Å². The molecule has 5 nitrogen and oxygen atoms in total. The minimum atomic E-state index is -0.134. The molecule has 0 aliphatic carbocycles. The predicted molar refractivity (Wildman–Crippen MR) is 79.3 cm³/mol. The van der Waals surface area contributed by atoms with E-state index >= 15 is 0 Å². The standard InChI is InChI=1S/C15H20N4O/c1-2-6-16-13(5-1)14-11-18-15(12-17-14)20-10-9-19-7-3-4-8-19/h1-2,5-6,11-12,15,18H,3-4,7-10H2. The van der Waals surface area contributed by atoms with Crippen molar-refractivity contribution in [2.75, 3.05) is 26.2 Å². The van der Waals surface area contributed by atoms with Gasteiger partial charge in [0.2, 0.25) is 0 Å². The molecule has 0 spiro atoms. The fourth-order valence-corrected chi connectivity index (χ4v) is 2.45. The van der Waals surface area contributed by atoms with Gasteiger partial charge in [-0.25, -0.2) is 0 Å². The average molecular weight is 272 g/mol. The topological polar surface area (TPSA) is 49.8 Å². The Hall–Kier alpha value is -1.72. The fraction of sp³-hybridized carbons (Fsp3) is 0.467. The van der Waals surface area contributed by atoms with Gasteiger partial charge in [0.1, 0.15) is 5.70 Å². The Labute approximate surface area is 119 Å². The van der Waals surface area contributed by atoms with Gasteiger partial charge in [0, 0.05) is 18.9 Å². The predicted octanol–water partition coefficient (Wildman–Crippen LogP) is 1.49. The summed E-state index contributed by atoms with van der Waals surface area (Å²) < 4.78 is 5.76. The minimum absolute atomic E-state index is 0.134. The summed E-state index contributed by atoms with van der Waals surface area (Å²) in [6, 6.07) is 5.80. The van der Waals surface area contributed by atoms with Gasteiger partial charge >= 0.3 is 0 Å². The number of aliphatic imine (C=N–C) groups is 1. The summed E-state index contributed by atoms with van der Waals surface area (Å²) in [7, 11) is 0. The van der Waals surface area contributed by atoms with Crippen LogP contribution in [0.25, 0.3) is 5.70 Å². The lowest BCUT2D eigenvalue weighted by Gasteiger charge is -2.20. The number of aromatic nitrogens is 1. The fourth-order valence-electron chi connectivity index (χ4n) is 2.45. The maximum Gasteiger partial charge on any atom is 0.163 e. The van der Waals surface area contributed by atoms with Crippen molar-refractivity contribution in [3.05, 3.63) is 36.3 Å². The molecule has 0 radical (unpaired) electrons. The van der Waals surface area contributed by atoms with E-state index in [-0.39, 0.29) is 6.23 Å². The van der Waals surface area contributed by atoms with Gasteiger partial charge in [-0.2, -0.15) is 0 Å². The summed E-state index contributed by atoms with van der Waals surface area (Å²) in [4.78, 5) is 11.1. The number of pyridine rings is 1. The highest BCUT2D eigenvalue weighted by Gasteiger charge is 2.14. The first-order valence-corrected chi connectivity index (χ1v) is 7.17. The lowest BCUT2D eigenvalue weighted by Crippen LogP contribution is -2.34. The Morgan fingerprint density at radius 1 is 1.30 bits per heavy atom. The normalized spacial score (nSPS) is 22.6. The molecule has 20 heavy (non-hydrogen) atoms. The zero-order valence-corrected chi connectivity index (χ0v) is 11.5. The van der Waals surface area contributed by atoms with Crippen LogP contribution in [0.2, 0.25) is 0 Å². The highest BCUT2D eigenvalue weighted by molar-refractivity contribution is 5.77. The summed E-state index contributed by atoms with van der Waals surface area (Å²) in [6.07, 6.45) is 7.94. The average Bonchev–Trinajstić information content (AvgIpc) is 3.02. The van der Waals surface area contributed by atoms with Crippen LogP contribution < -0.4 is 5.32 Å². The van der Waals surface area contributed by atoms with Gasteiger partial charge in [-0.1, -0.05) is 6.07 Å². The number of nitrogens with zero attached hydrogens (tertiary/aromatic N) is 3. The van der Waals surface area contributed by atoms with Crippen LogP contribution in [0.4, 0.5) is 0 Å². The van der Waals surface area contributed by atoms with Crippen LogP contribution in [0, 0.1) is 0 Å². The number of rotatable bonds is 5. The van der Waals surface area contributed by atoms with Crippen LogP contribution in [0.3, 0.4) is 0 Å². The van der Waals surface area contributed by atoms with Crippen molar-refractivity contribution >= 4 is 11.9 Å². The summed E-state index contributed by atoms with van der Waals surface area (Å²) >= 11 is 0. The molecule has 1 saturated heterocycles. The van der Waals surface area contributed by atoms with Gasteiger partial charge in [0.25, 0.3) is 0 Å². The van der Waals surface area contributed by atoms with E-state index in [9.17, 15) is 0 Å². The van der Waals surface area contributed by atoms with Crippen molar-refractivity contribution in [3.63, 3.8) is 0 Å². The highest BCUT2D eigenvalue weighted by Crippen LogP contribution is 2.14. The Bertz CT molecular complexity index is 480. The van der Waals surface area contributed by atoms with Gasteiger partial charge < -0.3 is 15.0 Å². The lowest BCUT2D eigenvalue weighted by atomic mass is 10.3. The third kappa shape index (κ3) is 3.43. The molecule has 3 rings (SSSR count). The van der Waals surface area contributed by atoms with Crippen LogP contribution in [0.15, 0.2) is 35.6 Å². The van der Waals surface area contributed by atoms with Crippen molar-refractivity contribution in [2.24, 2.45) is 4.99 Å². The highest BCUT2D eigenvalue weighted by atomic mass is 16.5. The maximum absolute atomic E-state index is 5.76. The third-order valence-corrected chi connectivity index (χ3v) is 3.56. The molecule has 1 N–H and O–H groups in total. The van der Waals surface area contributed by atoms with E-state index in [0.717, 1.165) is 24.5 Å². The molecule has 106 valence electrons. The summed E-state index contributed by atoms with van der Waals surface area (Å²) in [5.41, 5.74) is 1.71. The van der Waals surface area contributed by atoms with Crippen LogP contribution in [0.1, 0.15) is 18.5 Å². The summed E-state index contributed by atoms with van der Waals surface area (Å²) in [6.45, 7) is 4.15. The Balaban J connectivity index is 1.44. The van der Waals surface area contributed by atoms with E-state index in [1.54, 1.807) is 12.4 Å². The van der Waals surface area contributed by atoms with Crippen molar-refractivity contribution < 1.29 is 4.74 Å². The molecule has 0 saturated carbocycles. The first kappa shape index (κ1) is 13.3. The van der Waals surface area contributed by atoms with Crippen LogP contribution >= 0.6 is 0 Å². The zero-order valence-electron chi connectivity index (χ0n) is 11.5. The maximum atomic E-state index is 5.76. The first-order valence-electron chi connectivity index (χ1n) is 7.17. The third-order valence-electron chi connectivity index (χ3n) is 3.56. The van der Waals surface area contributed by atoms with Crippen molar-refractivity contribution in [1.29, 1.82) is 0 Å². The summed E-state index contributed by atoms with van der Waals surface area (Å²) in [5, 5.41) is 3.20. The van der Waals surface area contributed by atoms with Crippen molar-refractivity contribution in [3.8, 4) is 0 Å². The van der Waals surface area contributed by atoms with Crippen LogP contribution in [-0.4, -0.2) is 48.6 Å². The largest absolute Gasteiger partial charge is 0.360 e. The second-order valence-electron chi connectivity index (χ2n) is 5.03. The number of hydrogen-bond acceptors (Lipinski definition) is 5. The second kappa shape index (κ2) is 6.63. The van der Waals surface area contributed by atoms with E-state index in [1.165, 1.54) is 25.9 Å². The van der Waals surface area contributed by atoms with Gasteiger partial charge in [-0.3, -0.25) is 9.98 Å². The van der Waals surface area contributed by atoms with Crippen molar-refractivity contribution in [2.45, 2.75) is 19.1 Å². The zero-order chi connectivity index (χ0) is 13.6. The molecule has 1 atom stereocenters. The van der Waals surface area contributed by atoms with Crippen LogP contribution in [-0.2, 0) is 4.74 Å². The van der Waals surface area contributed by atoms with E-state index < -0.39 is 0 Å². The Morgan fingerprint density at radius 2 is 2.20 bits per heavy atom. The molecule has 1 aromatic rings. The molecule has 1 aromatic heterocycles. The van der Waals surface area contributed by atoms with Crippen molar-refractivity contribution in [1.82, 2.24) is 15.2 Å². The van der Waals surface area contributed by atoms with E-state index in [1.807, 2.05) is 24.4 Å². The number of nitrogens with one attached hydrogen (secondary N) is 1. The van der Waals surface area contributed by atoms with Gasteiger partial charge in [0.15, 0.2) is 6.23 Å². The molecule has 5 heteroatoms. The molecular weight excluding hydrogens is 252 g/mol. The molecule has 0 bridgehead atoms. The molecule has 2 aliphatic heterocycles. The molecule has 2 aliphatic rings. The SMILES string of the molecule is C1=NC(c2ccccn2)=CNC1OCCN1CCCC1. The Morgan fingerprint density at radius 3 is 2.90 bits per heavy atom. The number of ether oxygens (including phenoxy) is 1. The summed E-state index contributed by atoms with van der Waals surface area (Å²) in [5.74, 6) is 0. The molecule has 0 aromatic carbocycles. The smallest absolute Gasteiger partial charge is 0.163 e. The quantitative estimate of drug-likeness (QED) is 0.882. The monoisotopic (exact) mass is 272 g/mol. The molecule has 0 amide bonds. The Kier molecular flexibility index (Phi) is 4.40. The van der Waals surface area contributed by atoms with E-state index in [4.69, 9.17) is 4.74 Å². The van der Waals surface area contributed by atoms with E-state index in [2.05, 4.69) is 20.2 Å². The van der Waals surface area contributed by atoms with Gasteiger partial charge in [0.05, 0.1) is 18.5 Å². The number of hydrogen-bond donors (Lipinski definition) is 1. The molecule has 1 unspecified atom stereocenters. The number of likely N-dealkylation sites (tertiary alicyclic amines) is 1. The second-order valence-corrected chi connectivity index (χ2v) is 5.03. The lowest BCUT2D eigenvalue weighted by molar-refractivity contribution is 0.0711. The molecular formula is C15H20N4O. The molecule has 1 fully saturated rings.